The van der Waals surface area contributed by atoms with Gasteiger partial charge < -0.3 is 15.2 Å². The van der Waals surface area contributed by atoms with Crippen molar-refractivity contribution in [1.29, 1.82) is 0 Å². The first-order valence-corrected chi connectivity index (χ1v) is 9.53. The lowest BCUT2D eigenvalue weighted by Crippen LogP contribution is -2.39. The van der Waals surface area contributed by atoms with Crippen LogP contribution in [0.1, 0.15) is 24.8 Å². The fourth-order valence-corrected chi connectivity index (χ4v) is 4.58. The largest absolute Gasteiger partial charge is 0.490 e. The Bertz CT molecular complexity index is 805. The highest BCUT2D eigenvalue weighted by Crippen LogP contribution is 2.42. The summed E-state index contributed by atoms with van der Waals surface area (Å²) < 4.78 is 37.0. The number of hydrogen-bond acceptors (Lipinski definition) is 5. The second-order valence-electron chi connectivity index (χ2n) is 5.67. The Morgan fingerprint density at radius 2 is 1.96 bits per heavy atom. The fourth-order valence-electron chi connectivity index (χ4n) is 3.02. The summed E-state index contributed by atoms with van der Waals surface area (Å²) in [5, 5.41) is -1.03. The smallest absolute Gasteiger partial charge is 0.194 e. The highest BCUT2D eigenvalue weighted by Gasteiger charge is 2.36. The molecule has 1 aliphatic heterocycles. The number of rotatable bonds is 5. The first kappa shape index (κ1) is 16.8. The molecule has 0 saturated carbocycles. The molecule has 0 saturated heterocycles. The molecule has 0 aromatic heterocycles. The van der Waals surface area contributed by atoms with Crippen LogP contribution in [0.5, 0.6) is 11.5 Å². The van der Waals surface area contributed by atoms with Gasteiger partial charge in [0.15, 0.2) is 21.3 Å². The summed E-state index contributed by atoms with van der Waals surface area (Å²) in [6.07, 6.45) is 0.551. The third kappa shape index (κ3) is 2.99. The third-order valence-corrected chi connectivity index (χ3v) is 6.18. The molecule has 3 rings (SSSR count). The van der Waals surface area contributed by atoms with Gasteiger partial charge >= 0.3 is 0 Å². The molecule has 0 fully saturated rings. The number of para-hydroxylation sites is 1. The van der Waals surface area contributed by atoms with E-state index in [2.05, 4.69) is 0 Å². The van der Waals surface area contributed by atoms with E-state index in [4.69, 9.17) is 15.2 Å². The summed E-state index contributed by atoms with van der Waals surface area (Å²) in [5.74, 6) is 0.901. The zero-order valence-electron chi connectivity index (χ0n) is 13.5. The lowest BCUT2D eigenvalue weighted by molar-refractivity contribution is 0.240. The van der Waals surface area contributed by atoms with Gasteiger partial charge in [-0.15, -0.1) is 0 Å². The van der Waals surface area contributed by atoms with E-state index in [9.17, 15) is 8.42 Å². The molecule has 2 aromatic rings. The molecular weight excluding hydrogens is 326 g/mol. The average molecular weight is 347 g/mol. The van der Waals surface area contributed by atoms with Crippen LogP contribution in [0.4, 0.5) is 0 Å². The van der Waals surface area contributed by atoms with Crippen molar-refractivity contribution < 1.29 is 17.9 Å². The Morgan fingerprint density at radius 3 is 2.67 bits per heavy atom. The molecule has 0 bridgehead atoms. The minimum Gasteiger partial charge on any atom is -0.490 e. The predicted octanol–water partition coefficient (Wildman–Crippen LogP) is 2.71. The Labute approximate surface area is 142 Å². The summed E-state index contributed by atoms with van der Waals surface area (Å²) in [4.78, 5) is 0.242. The molecule has 0 aliphatic carbocycles. The van der Waals surface area contributed by atoms with Crippen molar-refractivity contribution in [2.75, 3.05) is 13.2 Å². The summed E-state index contributed by atoms with van der Waals surface area (Å²) in [5.41, 5.74) is 7.00. The number of hydrogen-bond donors (Lipinski definition) is 1. The molecule has 2 aromatic carbocycles. The second kappa shape index (κ2) is 6.83. The molecule has 128 valence electrons. The van der Waals surface area contributed by atoms with Gasteiger partial charge in [0.05, 0.1) is 18.1 Å². The van der Waals surface area contributed by atoms with Gasteiger partial charge in [0.1, 0.15) is 5.37 Å². The summed E-state index contributed by atoms with van der Waals surface area (Å²) in [6.45, 7) is 2.82. The number of sulfone groups is 1. The molecule has 5 nitrogen and oxygen atoms in total. The maximum absolute atomic E-state index is 12.9. The van der Waals surface area contributed by atoms with Gasteiger partial charge in [0, 0.05) is 11.5 Å². The van der Waals surface area contributed by atoms with E-state index in [-0.39, 0.29) is 10.8 Å². The lowest BCUT2D eigenvalue weighted by atomic mass is 9.92. The Kier molecular flexibility index (Phi) is 4.78. The van der Waals surface area contributed by atoms with Gasteiger partial charge in [0.25, 0.3) is 0 Å². The number of benzene rings is 2. The molecule has 2 N–H and O–H groups in total. The van der Waals surface area contributed by atoms with Crippen molar-refractivity contribution >= 4 is 9.84 Å². The fraction of sp³-hybridized carbons (Fsp3) is 0.333. The minimum atomic E-state index is -3.63. The molecule has 0 radical (unpaired) electrons. The number of nitrogens with two attached hydrogens (primary N) is 1. The zero-order chi connectivity index (χ0) is 17.2. The van der Waals surface area contributed by atoms with Gasteiger partial charge in [-0.1, -0.05) is 30.3 Å². The van der Waals surface area contributed by atoms with Crippen molar-refractivity contribution in [3.8, 4) is 11.5 Å². The van der Waals surface area contributed by atoms with Gasteiger partial charge in [-0.3, -0.25) is 0 Å². The van der Waals surface area contributed by atoms with Gasteiger partial charge in [-0.2, -0.15) is 0 Å². The van der Waals surface area contributed by atoms with Gasteiger partial charge in [-0.25, -0.2) is 8.42 Å². The number of fused-ring (bicyclic) bond motifs is 1. The van der Waals surface area contributed by atoms with Crippen LogP contribution in [0.15, 0.2) is 53.4 Å². The lowest BCUT2D eigenvalue weighted by Gasteiger charge is -2.31. The maximum Gasteiger partial charge on any atom is 0.194 e. The SMILES string of the molecule is CCOc1cccc2c1OCCC2C(N)S(=O)(=O)c1ccccc1. The molecule has 6 heteroatoms. The van der Waals surface area contributed by atoms with E-state index < -0.39 is 15.2 Å². The molecule has 1 heterocycles. The monoisotopic (exact) mass is 347 g/mol. The summed E-state index contributed by atoms with van der Waals surface area (Å²) in [6, 6.07) is 13.9. The Balaban J connectivity index is 1.99. The molecular formula is C18H21NO4S. The van der Waals surface area contributed by atoms with E-state index in [0.717, 1.165) is 5.56 Å². The molecule has 1 aliphatic rings. The molecule has 0 spiro atoms. The van der Waals surface area contributed by atoms with Crippen molar-refractivity contribution in [3.05, 3.63) is 54.1 Å². The highest BCUT2D eigenvalue weighted by atomic mass is 32.2. The van der Waals surface area contributed by atoms with Gasteiger partial charge in [-0.05, 0) is 31.5 Å². The first-order chi connectivity index (χ1) is 11.6. The summed E-state index contributed by atoms with van der Waals surface area (Å²) >= 11 is 0. The van der Waals surface area contributed by atoms with Crippen molar-refractivity contribution in [1.82, 2.24) is 0 Å². The van der Waals surface area contributed by atoms with Crippen LogP contribution in [0.2, 0.25) is 0 Å². The van der Waals surface area contributed by atoms with E-state index in [0.29, 0.717) is 31.1 Å². The topological polar surface area (TPSA) is 78.6 Å². The Hall–Kier alpha value is -2.05. The average Bonchev–Trinajstić information content (AvgIpc) is 2.62. The van der Waals surface area contributed by atoms with Crippen LogP contribution in [0, 0.1) is 0 Å². The molecule has 0 amide bonds. The van der Waals surface area contributed by atoms with Crippen molar-refractivity contribution in [3.63, 3.8) is 0 Å². The standard InChI is InChI=1S/C18H21NO4S/c1-2-22-16-10-6-9-14-15(11-12-23-17(14)16)18(19)24(20,21)13-7-4-3-5-8-13/h3-10,15,18H,2,11-12,19H2,1H3. The molecule has 2 atom stereocenters. The molecule has 2 unspecified atom stereocenters. The Morgan fingerprint density at radius 1 is 1.21 bits per heavy atom. The van der Waals surface area contributed by atoms with Crippen molar-refractivity contribution in [2.45, 2.75) is 29.5 Å². The van der Waals surface area contributed by atoms with Crippen LogP contribution in [-0.2, 0) is 9.84 Å². The second-order valence-corrected chi connectivity index (χ2v) is 7.78. The van der Waals surface area contributed by atoms with Crippen LogP contribution in [0.25, 0.3) is 0 Å². The van der Waals surface area contributed by atoms with E-state index in [1.807, 2.05) is 25.1 Å². The van der Waals surface area contributed by atoms with Gasteiger partial charge in [0.2, 0.25) is 0 Å². The zero-order valence-corrected chi connectivity index (χ0v) is 14.3. The van der Waals surface area contributed by atoms with Crippen LogP contribution in [0.3, 0.4) is 0 Å². The van der Waals surface area contributed by atoms with Crippen LogP contribution < -0.4 is 15.2 Å². The minimum absolute atomic E-state index is 0.242. The van der Waals surface area contributed by atoms with E-state index in [1.165, 1.54) is 0 Å². The normalized spacial score (nSPS) is 18.3. The quantitative estimate of drug-likeness (QED) is 0.900. The maximum atomic E-state index is 12.9. The van der Waals surface area contributed by atoms with E-state index >= 15 is 0 Å². The van der Waals surface area contributed by atoms with Crippen LogP contribution in [-0.4, -0.2) is 27.0 Å². The highest BCUT2D eigenvalue weighted by molar-refractivity contribution is 7.92. The van der Waals surface area contributed by atoms with E-state index in [1.54, 1.807) is 30.3 Å². The van der Waals surface area contributed by atoms with Crippen molar-refractivity contribution in [2.24, 2.45) is 5.73 Å². The van der Waals surface area contributed by atoms with Crippen LogP contribution >= 0.6 is 0 Å². The number of ether oxygens (including phenoxy) is 2. The molecule has 24 heavy (non-hydrogen) atoms. The third-order valence-electron chi connectivity index (χ3n) is 4.21. The summed E-state index contributed by atoms with van der Waals surface area (Å²) in [7, 11) is -3.63. The first-order valence-electron chi connectivity index (χ1n) is 7.98. The predicted molar refractivity (Wildman–Crippen MR) is 92.1 cm³/mol.